The third kappa shape index (κ3) is 6.90. The highest BCUT2D eigenvalue weighted by Gasteiger charge is 2.34. The van der Waals surface area contributed by atoms with E-state index in [1.807, 2.05) is 63.3 Å². The number of nitrogens with one attached hydrogen (secondary N) is 2. The number of methoxy groups -OCH3 is 1. The van der Waals surface area contributed by atoms with E-state index in [1.54, 1.807) is 19.2 Å². The van der Waals surface area contributed by atoms with Gasteiger partial charge in [-0.15, -0.1) is 0 Å². The molecule has 13 heteroatoms. The van der Waals surface area contributed by atoms with Crippen molar-refractivity contribution < 1.29 is 22.7 Å². The van der Waals surface area contributed by atoms with E-state index in [-0.39, 0.29) is 24.1 Å². The molecule has 1 atom stereocenters. The second-order valence-electron chi connectivity index (χ2n) is 12.0. The molecular formula is C33H40F3N7O3. The first kappa shape index (κ1) is 33.0. The minimum Gasteiger partial charge on any atom is -0.496 e. The SMILES string of the molecule is COc1cc(C)[nH]c(=O)c1CNC(=O)c1cc2c(-c3ccnc(N(C)C)c3)ccn2c(C(C)N2CCN(CC(F)(F)F)CC2)c1C. The Morgan fingerprint density at radius 3 is 2.50 bits per heavy atom. The summed E-state index contributed by atoms with van der Waals surface area (Å²) in [5.41, 5.74) is 5.28. The minimum atomic E-state index is -4.24. The van der Waals surface area contributed by atoms with Gasteiger partial charge < -0.3 is 24.3 Å². The van der Waals surface area contributed by atoms with Crippen molar-refractivity contribution in [3.63, 3.8) is 0 Å². The Bertz CT molecular complexity index is 1790. The molecule has 4 aromatic heterocycles. The highest BCUT2D eigenvalue weighted by Crippen LogP contribution is 2.35. The molecule has 0 spiro atoms. The van der Waals surface area contributed by atoms with Crippen LogP contribution in [-0.4, -0.2) is 90.2 Å². The molecular weight excluding hydrogens is 599 g/mol. The number of aromatic amines is 1. The van der Waals surface area contributed by atoms with Gasteiger partial charge in [-0.3, -0.25) is 19.4 Å². The standard InChI is InChI=1S/C33H40F3N7O3/c1-20-15-28(46-6)26(32(45)39-20)18-38-31(44)25-17-27-24(23-7-9-37-29(16-23)40(4)5)8-10-43(27)30(21(25)2)22(3)42-13-11-41(12-14-42)19-33(34,35)36/h7-10,15-17,22H,11-14,18-19H2,1-6H3,(H,38,44)(H,39,45). The van der Waals surface area contributed by atoms with Crippen molar-refractivity contribution in [2.75, 3.05) is 58.8 Å². The van der Waals surface area contributed by atoms with Crippen LogP contribution in [0.15, 0.2) is 47.5 Å². The molecule has 246 valence electrons. The predicted molar refractivity (Wildman–Crippen MR) is 172 cm³/mol. The number of H-pyrrole nitrogens is 1. The molecule has 1 fully saturated rings. The fourth-order valence-electron chi connectivity index (χ4n) is 6.23. The van der Waals surface area contributed by atoms with E-state index < -0.39 is 12.7 Å². The number of halogens is 3. The number of anilines is 1. The summed E-state index contributed by atoms with van der Waals surface area (Å²) in [6.07, 6.45) is -0.531. The van der Waals surface area contributed by atoms with Gasteiger partial charge in [0.1, 0.15) is 11.6 Å². The molecule has 0 saturated carbocycles. The number of aryl methyl sites for hydroxylation is 1. The summed E-state index contributed by atoms with van der Waals surface area (Å²) < 4.78 is 46.6. The van der Waals surface area contributed by atoms with Crippen molar-refractivity contribution in [1.29, 1.82) is 0 Å². The number of ether oxygens (including phenoxy) is 1. The number of nitrogens with zero attached hydrogens (tertiary/aromatic N) is 5. The maximum atomic E-state index is 13.9. The van der Waals surface area contributed by atoms with Gasteiger partial charge in [-0.2, -0.15) is 13.2 Å². The van der Waals surface area contributed by atoms with Crippen molar-refractivity contribution in [2.24, 2.45) is 0 Å². The first-order chi connectivity index (χ1) is 21.8. The molecule has 0 bridgehead atoms. The molecule has 0 aliphatic carbocycles. The lowest BCUT2D eigenvalue weighted by Gasteiger charge is -2.39. The molecule has 10 nitrogen and oxygen atoms in total. The summed E-state index contributed by atoms with van der Waals surface area (Å²) in [7, 11) is 5.31. The fraction of sp³-hybridized carbons (Fsp3) is 0.424. The Morgan fingerprint density at radius 2 is 1.85 bits per heavy atom. The van der Waals surface area contributed by atoms with Gasteiger partial charge in [0, 0.05) is 81.2 Å². The molecule has 1 unspecified atom stereocenters. The zero-order chi connectivity index (χ0) is 33.3. The molecule has 5 rings (SSSR count). The highest BCUT2D eigenvalue weighted by molar-refractivity contribution is 5.98. The monoisotopic (exact) mass is 639 g/mol. The number of rotatable bonds is 9. The summed E-state index contributed by atoms with van der Waals surface area (Å²) in [5, 5.41) is 2.91. The molecule has 1 amide bonds. The first-order valence-corrected chi connectivity index (χ1v) is 15.1. The van der Waals surface area contributed by atoms with Crippen molar-refractivity contribution in [3.8, 4) is 16.9 Å². The Labute approximate surface area is 265 Å². The molecule has 1 aliphatic rings. The van der Waals surface area contributed by atoms with Crippen molar-refractivity contribution >= 4 is 17.2 Å². The van der Waals surface area contributed by atoms with Crippen LogP contribution in [0.4, 0.5) is 19.0 Å². The van der Waals surface area contributed by atoms with Gasteiger partial charge in [-0.05, 0) is 62.2 Å². The van der Waals surface area contributed by atoms with Crippen LogP contribution in [0.5, 0.6) is 5.75 Å². The molecule has 46 heavy (non-hydrogen) atoms. The van der Waals surface area contributed by atoms with E-state index in [2.05, 4.69) is 24.6 Å². The van der Waals surface area contributed by atoms with Crippen LogP contribution in [0, 0.1) is 13.8 Å². The number of aromatic nitrogens is 3. The maximum Gasteiger partial charge on any atom is 0.401 e. The average molecular weight is 640 g/mol. The molecule has 0 radical (unpaired) electrons. The van der Waals surface area contributed by atoms with E-state index in [1.165, 1.54) is 12.0 Å². The molecule has 4 aromatic rings. The number of amides is 1. The smallest absolute Gasteiger partial charge is 0.401 e. The molecule has 2 N–H and O–H groups in total. The number of hydrogen-bond donors (Lipinski definition) is 2. The van der Waals surface area contributed by atoms with Crippen LogP contribution in [0.1, 0.15) is 45.8 Å². The van der Waals surface area contributed by atoms with Gasteiger partial charge in [-0.25, -0.2) is 4.98 Å². The largest absolute Gasteiger partial charge is 0.496 e. The topological polar surface area (TPSA) is 98.2 Å². The van der Waals surface area contributed by atoms with Gasteiger partial charge in [0.2, 0.25) is 0 Å². The second-order valence-corrected chi connectivity index (χ2v) is 12.0. The first-order valence-electron chi connectivity index (χ1n) is 15.1. The Hall–Kier alpha value is -4.36. The number of pyridine rings is 3. The normalized spacial score (nSPS) is 15.2. The summed E-state index contributed by atoms with van der Waals surface area (Å²) in [6, 6.07) is 9.24. The van der Waals surface area contributed by atoms with Gasteiger partial charge in [0.05, 0.1) is 31.3 Å². The molecule has 1 saturated heterocycles. The van der Waals surface area contributed by atoms with E-state index in [0.717, 1.165) is 33.7 Å². The summed E-state index contributed by atoms with van der Waals surface area (Å²) in [4.78, 5) is 39.3. The maximum absolute atomic E-state index is 13.9. The Morgan fingerprint density at radius 1 is 1.13 bits per heavy atom. The number of carbonyl (C=O) groups excluding carboxylic acids is 1. The van der Waals surface area contributed by atoms with E-state index in [9.17, 15) is 22.8 Å². The van der Waals surface area contributed by atoms with E-state index in [4.69, 9.17) is 4.74 Å². The summed E-state index contributed by atoms with van der Waals surface area (Å²) in [6.45, 7) is 6.18. The summed E-state index contributed by atoms with van der Waals surface area (Å²) in [5.74, 6) is 0.807. The lowest BCUT2D eigenvalue weighted by atomic mass is 9.98. The quantitative estimate of drug-likeness (QED) is 0.277. The highest BCUT2D eigenvalue weighted by atomic mass is 19.4. The van der Waals surface area contributed by atoms with Crippen molar-refractivity contribution in [2.45, 2.75) is 39.5 Å². The lowest BCUT2D eigenvalue weighted by Crippen LogP contribution is -2.49. The Kier molecular flexibility index (Phi) is 9.45. The zero-order valence-electron chi connectivity index (χ0n) is 27.0. The third-order valence-corrected chi connectivity index (χ3v) is 8.64. The van der Waals surface area contributed by atoms with Gasteiger partial charge in [-0.1, -0.05) is 0 Å². The average Bonchev–Trinajstić information content (AvgIpc) is 3.42. The molecule has 1 aliphatic heterocycles. The van der Waals surface area contributed by atoms with Crippen LogP contribution < -0.4 is 20.5 Å². The lowest BCUT2D eigenvalue weighted by molar-refractivity contribution is -0.149. The number of piperazine rings is 1. The number of alkyl halides is 3. The van der Waals surface area contributed by atoms with E-state index in [0.29, 0.717) is 48.7 Å². The van der Waals surface area contributed by atoms with Gasteiger partial charge in [0.25, 0.3) is 11.5 Å². The summed E-state index contributed by atoms with van der Waals surface area (Å²) >= 11 is 0. The van der Waals surface area contributed by atoms with E-state index >= 15 is 0 Å². The molecule has 5 heterocycles. The van der Waals surface area contributed by atoms with Crippen LogP contribution in [0.25, 0.3) is 16.6 Å². The van der Waals surface area contributed by atoms with Crippen molar-refractivity contribution in [1.82, 2.24) is 29.5 Å². The van der Waals surface area contributed by atoms with Crippen LogP contribution in [0.3, 0.4) is 0 Å². The fourth-order valence-corrected chi connectivity index (χ4v) is 6.23. The second kappa shape index (κ2) is 13.2. The van der Waals surface area contributed by atoms with Crippen molar-refractivity contribution in [3.05, 3.63) is 81.2 Å². The van der Waals surface area contributed by atoms with Crippen LogP contribution in [0.2, 0.25) is 0 Å². The zero-order valence-corrected chi connectivity index (χ0v) is 27.0. The minimum absolute atomic E-state index is 0.0429. The number of hydrogen-bond acceptors (Lipinski definition) is 7. The molecule has 0 aromatic carbocycles. The van der Waals surface area contributed by atoms with Crippen LogP contribution >= 0.6 is 0 Å². The Balaban J connectivity index is 1.55. The van der Waals surface area contributed by atoms with Crippen LogP contribution in [-0.2, 0) is 6.54 Å². The number of fused-ring (bicyclic) bond motifs is 1. The number of carbonyl (C=O) groups is 1. The predicted octanol–water partition coefficient (Wildman–Crippen LogP) is 4.55. The third-order valence-electron chi connectivity index (χ3n) is 8.64. The van der Waals surface area contributed by atoms with Gasteiger partial charge >= 0.3 is 6.18 Å². The van der Waals surface area contributed by atoms with Gasteiger partial charge in [0.15, 0.2) is 0 Å².